The van der Waals surface area contributed by atoms with Crippen molar-refractivity contribution < 1.29 is 14.6 Å². The topological polar surface area (TPSA) is 83.7 Å². The van der Waals surface area contributed by atoms with Gasteiger partial charge in [-0.2, -0.15) is 0 Å². The Balaban J connectivity index is 1.43. The van der Waals surface area contributed by atoms with E-state index < -0.39 is 16.6 Å². The van der Waals surface area contributed by atoms with E-state index in [0.29, 0.717) is 31.2 Å². The van der Waals surface area contributed by atoms with Crippen LogP contribution in [0.5, 0.6) is 0 Å². The van der Waals surface area contributed by atoms with Gasteiger partial charge >= 0.3 is 6.09 Å². The van der Waals surface area contributed by atoms with E-state index in [1.54, 1.807) is 17.4 Å². The van der Waals surface area contributed by atoms with Crippen molar-refractivity contribution in [3.05, 3.63) is 82.2 Å². The number of hydrogen-bond donors (Lipinski definition) is 1. The number of rotatable bonds is 3. The molecule has 3 heterocycles. The van der Waals surface area contributed by atoms with Gasteiger partial charge in [0.1, 0.15) is 11.2 Å². The molecule has 2 aromatic heterocycles. The maximum atomic E-state index is 12.8. The van der Waals surface area contributed by atoms with Crippen molar-refractivity contribution in [3.63, 3.8) is 0 Å². The van der Waals surface area contributed by atoms with E-state index >= 15 is 0 Å². The Bertz CT molecular complexity index is 1420. The number of pyridine rings is 1. The van der Waals surface area contributed by atoms with Crippen LogP contribution in [-0.2, 0) is 22.8 Å². The van der Waals surface area contributed by atoms with Gasteiger partial charge in [-0.3, -0.25) is 9.88 Å². The number of benzene rings is 1. The molecule has 1 aliphatic heterocycles. The van der Waals surface area contributed by atoms with E-state index in [1.165, 1.54) is 0 Å². The van der Waals surface area contributed by atoms with Crippen molar-refractivity contribution in [1.29, 1.82) is 0 Å². The van der Waals surface area contributed by atoms with Crippen molar-refractivity contribution in [1.82, 2.24) is 24.3 Å². The molecular formula is C30H36ClN5O3. The summed E-state index contributed by atoms with van der Waals surface area (Å²) in [5, 5.41) is 13.0. The molecule has 1 aromatic carbocycles. The fourth-order valence-electron chi connectivity index (χ4n) is 6.90. The molecule has 0 bridgehead atoms. The van der Waals surface area contributed by atoms with Crippen LogP contribution in [0.1, 0.15) is 74.2 Å². The van der Waals surface area contributed by atoms with Gasteiger partial charge in [0.15, 0.2) is 0 Å². The number of aryl methyl sites for hydroxylation is 1. The van der Waals surface area contributed by atoms with Gasteiger partial charge in [0.2, 0.25) is 0 Å². The molecular weight excluding hydrogens is 514 g/mol. The summed E-state index contributed by atoms with van der Waals surface area (Å²) in [6, 6.07) is 10.1. The quantitative estimate of drug-likeness (QED) is 0.507. The highest BCUT2D eigenvalue weighted by molar-refractivity contribution is 6.30. The monoisotopic (exact) mass is 549 g/mol. The molecule has 3 aliphatic rings. The van der Waals surface area contributed by atoms with E-state index in [0.717, 1.165) is 34.5 Å². The van der Waals surface area contributed by atoms with E-state index in [4.69, 9.17) is 21.3 Å². The predicted octanol–water partition coefficient (Wildman–Crippen LogP) is 4.76. The maximum absolute atomic E-state index is 12.8. The van der Waals surface area contributed by atoms with E-state index in [9.17, 15) is 9.90 Å². The van der Waals surface area contributed by atoms with Gasteiger partial charge in [-0.25, -0.2) is 9.78 Å². The van der Waals surface area contributed by atoms with Crippen molar-refractivity contribution >= 4 is 17.7 Å². The molecule has 206 valence electrons. The van der Waals surface area contributed by atoms with Crippen LogP contribution in [0.25, 0.3) is 0 Å². The van der Waals surface area contributed by atoms with Crippen molar-refractivity contribution in [2.24, 2.45) is 7.05 Å². The van der Waals surface area contributed by atoms with Crippen LogP contribution in [-0.4, -0.2) is 67.3 Å². The van der Waals surface area contributed by atoms with Crippen LogP contribution in [0.15, 0.2) is 49.1 Å². The molecule has 0 spiro atoms. The van der Waals surface area contributed by atoms with E-state index in [2.05, 4.69) is 22.0 Å². The number of aliphatic hydroxyl groups is 1. The van der Waals surface area contributed by atoms with Crippen LogP contribution in [0.3, 0.4) is 0 Å². The number of ether oxygens (including phenoxy) is 1. The Labute approximate surface area is 234 Å². The number of carbonyl (C=O) groups is 1. The number of halogens is 1. The fourth-order valence-corrected chi connectivity index (χ4v) is 7.08. The SMILES string of the molecule is Cn1cncc1C(C)(O)[C@]12C[C@H]1c1cccnc1[C@@H](N1CCN(C(=O)OC(C)(C)C)CC1)c1ccc(Cl)cc12. The van der Waals surface area contributed by atoms with Crippen LogP contribution < -0.4 is 0 Å². The summed E-state index contributed by atoms with van der Waals surface area (Å²) in [7, 11) is 1.92. The number of hydrogen-bond acceptors (Lipinski definition) is 6. The molecule has 9 heteroatoms. The normalized spacial score (nSPS) is 26.1. The van der Waals surface area contributed by atoms with Gasteiger partial charge in [-0.15, -0.1) is 0 Å². The van der Waals surface area contributed by atoms with E-state index in [1.807, 2.05) is 63.7 Å². The molecule has 1 N–H and O–H groups in total. The Morgan fingerprint density at radius 2 is 1.87 bits per heavy atom. The first kappa shape index (κ1) is 26.3. The second-order valence-electron chi connectivity index (χ2n) is 12.3. The third kappa shape index (κ3) is 4.15. The highest BCUT2D eigenvalue weighted by Gasteiger charge is 2.69. The van der Waals surface area contributed by atoms with Gasteiger partial charge in [0, 0.05) is 49.9 Å². The summed E-state index contributed by atoms with van der Waals surface area (Å²) < 4.78 is 7.53. The summed E-state index contributed by atoms with van der Waals surface area (Å²) in [6.07, 6.45) is 5.86. The third-order valence-corrected chi connectivity index (χ3v) is 9.01. The zero-order valence-corrected chi connectivity index (χ0v) is 23.9. The molecule has 2 fully saturated rings. The predicted molar refractivity (Wildman–Crippen MR) is 149 cm³/mol. The molecule has 39 heavy (non-hydrogen) atoms. The summed E-state index contributed by atoms with van der Waals surface area (Å²) in [6.45, 7) is 10.1. The lowest BCUT2D eigenvalue weighted by molar-refractivity contribution is 0.00409. The molecule has 0 radical (unpaired) electrons. The second kappa shape index (κ2) is 9.04. The highest BCUT2D eigenvalue weighted by Crippen LogP contribution is 2.71. The molecule has 8 nitrogen and oxygen atoms in total. The van der Waals surface area contributed by atoms with Gasteiger partial charge in [0.25, 0.3) is 0 Å². The molecule has 6 rings (SSSR count). The summed E-state index contributed by atoms with van der Waals surface area (Å²) >= 11 is 6.65. The number of carbonyl (C=O) groups excluding carboxylic acids is 1. The van der Waals surface area contributed by atoms with Gasteiger partial charge in [0.05, 0.1) is 30.0 Å². The van der Waals surface area contributed by atoms with Gasteiger partial charge in [-0.1, -0.05) is 23.7 Å². The lowest BCUT2D eigenvalue weighted by Gasteiger charge is -2.41. The van der Waals surface area contributed by atoms with Crippen molar-refractivity contribution in [2.75, 3.05) is 26.2 Å². The number of imidazole rings is 1. The van der Waals surface area contributed by atoms with Gasteiger partial charge in [-0.05, 0) is 74.9 Å². The lowest BCUT2D eigenvalue weighted by atomic mass is 9.74. The van der Waals surface area contributed by atoms with Gasteiger partial charge < -0.3 is 19.3 Å². The van der Waals surface area contributed by atoms with E-state index in [-0.39, 0.29) is 18.1 Å². The summed E-state index contributed by atoms with van der Waals surface area (Å²) in [5.74, 6) is 0.0800. The van der Waals surface area contributed by atoms with Crippen molar-refractivity contribution in [3.8, 4) is 0 Å². The number of piperazine rings is 1. The number of nitrogens with zero attached hydrogens (tertiary/aromatic N) is 5. The molecule has 1 unspecified atom stereocenters. The van der Waals surface area contributed by atoms with Crippen LogP contribution >= 0.6 is 11.6 Å². The summed E-state index contributed by atoms with van der Waals surface area (Å²) in [4.78, 5) is 26.2. The van der Waals surface area contributed by atoms with Crippen LogP contribution in [0.2, 0.25) is 5.02 Å². The average molecular weight is 550 g/mol. The number of fused-ring (bicyclic) bond motifs is 5. The minimum Gasteiger partial charge on any atom is -0.444 e. The average Bonchev–Trinajstić information content (AvgIpc) is 3.52. The Kier molecular flexibility index (Phi) is 6.10. The molecule has 1 saturated heterocycles. The Hall–Kier alpha value is -2.94. The zero-order chi connectivity index (χ0) is 27.7. The standard InChI is InChI=1S/C30H36ClN5O3/c1-28(2,3)39-27(37)36-13-11-35(12-14-36)26-21-9-8-19(31)15-22(21)30(29(4,38)24-17-32-18-34(24)5)16-23(30)20-7-6-10-33-25(20)26/h6-10,15,17-18,23,26,38H,11-14,16H2,1-5H3/t23-,26-,29?,30-/m0/s1. The molecule has 4 atom stereocenters. The molecule has 3 aromatic rings. The first-order valence-electron chi connectivity index (χ1n) is 13.6. The number of amides is 1. The lowest BCUT2D eigenvalue weighted by Crippen LogP contribution is -2.51. The third-order valence-electron chi connectivity index (χ3n) is 8.77. The minimum absolute atomic E-state index is 0.0800. The minimum atomic E-state index is -1.19. The van der Waals surface area contributed by atoms with Crippen LogP contribution in [0, 0.1) is 0 Å². The maximum Gasteiger partial charge on any atom is 0.410 e. The fraction of sp³-hybridized carbons (Fsp3) is 0.500. The highest BCUT2D eigenvalue weighted by atomic mass is 35.5. The van der Waals surface area contributed by atoms with Crippen LogP contribution in [0.4, 0.5) is 4.79 Å². The van der Waals surface area contributed by atoms with Crippen molar-refractivity contribution in [2.45, 2.75) is 62.7 Å². The Morgan fingerprint density at radius 1 is 1.13 bits per heavy atom. The number of aromatic nitrogens is 3. The molecule has 1 amide bonds. The zero-order valence-electron chi connectivity index (χ0n) is 23.2. The largest absolute Gasteiger partial charge is 0.444 e. The Morgan fingerprint density at radius 3 is 2.54 bits per heavy atom. The smallest absolute Gasteiger partial charge is 0.410 e. The summed E-state index contributed by atoms with van der Waals surface area (Å²) in [5.41, 5.74) is 2.80. The molecule has 2 aliphatic carbocycles. The first-order valence-corrected chi connectivity index (χ1v) is 14.0. The second-order valence-corrected chi connectivity index (χ2v) is 12.7. The first-order chi connectivity index (χ1) is 18.4. The molecule has 1 saturated carbocycles.